The molecule has 1 fully saturated rings. The minimum absolute atomic E-state index is 0.0207. The molecule has 2 aromatic heterocycles. The summed E-state index contributed by atoms with van der Waals surface area (Å²) in [5, 5.41) is 11.6. The highest BCUT2D eigenvalue weighted by Crippen LogP contribution is 2.30. The molecule has 32 heavy (non-hydrogen) atoms. The number of ether oxygens (including phenoxy) is 1. The van der Waals surface area contributed by atoms with Crippen LogP contribution in [0.2, 0.25) is 0 Å². The highest BCUT2D eigenvalue weighted by atomic mass is 19.1. The van der Waals surface area contributed by atoms with Crippen LogP contribution in [-0.2, 0) is 11.3 Å². The van der Waals surface area contributed by atoms with Crippen LogP contribution in [0.3, 0.4) is 0 Å². The van der Waals surface area contributed by atoms with Crippen molar-refractivity contribution < 1.29 is 28.2 Å². The third kappa shape index (κ3) is 3.98. The van der Waals surface area contributed by atoms with Crippen molar-refractivity contribution >= 4 is 23.2 Å². The van der Waals surface area contributed by atoms with Gasteiger partial charge in [0.15, 0.2) is 5.65 Å². The Balaban J connectivity index is 1.82. The largest absolute Gasteiger partial charge is 0.465 e. The van der Waals surface area contributed by atoms with Crippen LogP contribution < -0.4 is 5.32 Å². The number of aromatic nitrogens is 3. The number of rotatable bonds is 4. The summed E-state index contributed by atoms with van der Waals surface area (Å²) >= 11 is 0. The van der Waals surface area contributed by atoms with Gasteiger partial charge >= 0.3 is 6.09 Å². The number of imidazole rings is 1. The first kappa shape index (κ1) is 21.6. The molecule has 11 heteroatoms. The molecule has 1 saturated heterocycles. The second-order valence-corrected chi connectivity index (χ2v) is 7.52. The van der Waals surface area contributed by atoms with Gasteiger partial charge in [0.25, 0.3) is 5.91 Å². The van der Waals surface area contributed by atoms with E-state index in [1.165, 1.54) is 16.5 Å². The van der Waals surface area contributed by atoms with Crippen molar-refractivity contribution in [3.8, 4) is 11.4 Å². The number of morpholine rings is 1. The molecular weight excluding hydrogens is 424 g/mol. The van der Waals surface area contributed by atoms with Gasteiger partial charge in [-0.05, 0) is 30.7 Å². The van der Waals surface area contributed by atoms with Crippen LogP contribution in [-0.4, -0.2) is 69.4 Å². The van der Waals surface area contributed by atoms with Crippen LogP contribution in [0.4, 0.5) is 13.6 Å². The summed E-state index contributed by atoms with van der Waals surface area (Å²) < 4.78 is 37.3. The second kappa shape index (κ2) is 8.50. The number of nitrogens with one attached hydrogen (secondary N) is 1. The second-order valence-electron chi connectivity index (χ2n) is 7.52. The summed E-state index contributed by atoms with van der Waals surface area (Å²) in [6.07, 6.45) is -0.0169. The fraction of sp³-hybridized carbons (Fsp3) is 0.333. The smallest absolute Gasteiger partial charge is 0.407 e. The zero-order valence-corrected chi connectivity index (χ0v) is 17.4. The Bertz CT molecular complexity index is 1190. The molecule has 2 N–H and O–H groups in total. The van der Waals surface area contributed by atoms with Gasteiger partial charge in [-0.1, -0.05) is 0 Å². The molecule has 3 heterocycles. The van der Waals surface area contributed by atoms with Crippen LogP contribution in [0, 0.1) is 18.6 Å². The van der Waals surface area contributed by atoms with E-state index in [1.807, 2.05) is 6.92 Å². The Morgan fingerprint density at radius 3 is 2.66 bits per heavy atom. The lowest BCUT2D eigenvalue weighted by atomic mass is 10.1. The van der Waals surface area contributed by atoms with Gasteiger partial charge in [0.2, 0.25) is 0 Å². The zero-order valence-electron chi connectivity index (χ0n) is 17.4. The Morgan fingerprint density at radius 2 is 2.00 bits per heavy atom. The van der Waals surface area contributed by atoms with Crippen molar-refractivity contribution in [2.75, 3.05) is 26.7 Å². The zero-order chi connectivity index (χ0) is 23.0. The Morgan fingerprint density at radius 1 is 1.28 bits per heavy atom. The molecule has 4 rings (SSSR count). The molecule has 1 unspecified atom stereocenters. The van der Waals surface area contributed by atoms with Crippen LogP contribution in [0.15, 0.2) is 24.4 Å². The van der Waals surface area contributed by atoms with E-state index < -0.39 is 35.3 Å². The fourth-order valence-corrected chi connectivity index (χ4v) is 3.74. The van der Waals surface area contributed by atoms with Crippen LogP contribution in [0.25, 0.3) is 22.6 Å². The SMILES string of the molecule is CNC(=O)c1cc(F)c(-c2nc3cc(C)cnc3n2CC2CN(C(=O)O)CCO2)c(F)c1. The number of carbonyl (C=O) groups is 2. The lowest BCUT2D eigenvalue weighted by molar-refractivity contribution is -0.0286. The molecule has 0 aliphatic carbocycles. The molecule has 3 aromatic rings. The highest BCUT2D eigenvalue weighted by molar-refractivity contribution is 5.94. The van der Waals surface area contributed by atoms with Gasteiger partial charge in [0.05, 0.1) is 31.4 Å². The van der Waals surface area contributed by atoms with Gasteiger partial charge < -0.3 is 24.6 Å². The minimum atomic E-state index is -1.07. The van der Waals surface area contributed by atoms with Crippen LogP contribution in [0.5, 0.6) is 0 Å². The Kier molecular flexibility index (Phi) is 5.74. The first-order valence-corrected chi connectivity index (χ1v) is 9.92. The molecule has 168 valence electrons. The third-order valence-electron chi connectivity index (χ3n) is 5.27. The van der Waals surface area contributed by atoms with Gasteiger partial charge in [-0.25, -0.2) is 23.5 Å². The summed E-state index contributed by atoms with van der Waals surface area (Å²) in [7, 11) is 1.37. The number of nitrogens with zero attached hydrogens (tertiary/aromatic N) is 4. The van der Waals surface area contributed by atoms with Gasteiger partial charge in [0.1, 0.15) is 23.0 Å². The molecule has 0 saturated carbocycles. The molecule has 1 aliphatic rings. The quantitative estimate of drug-likeness (QED) is 0.638. The maximum absolute atomic E-state index is 15.0. The number of carboxylic acid groups (broad SMARTS) is 1. The molecule has 1 aromatic carbocycles. The number of hydrogen-bond donors (Lipinski definition) is 2. The standard InChI is InChI=1S/C21H21F2N5O4/c1-11-5-16-18(25-8-11)28(10-13-9-27(21(30)31)3-4-32-13)19(26-16)17-14(22)6-12(7-15(17)23)20(29)24-2/h5-8,13H,3-4,9-10H2,1-2H3,(H,24,29)(H,30,31). The lowest BCUT2D eigenvalue weighted by Gasteiger charge is -2.31. The normalized spacial score (nSPS) is 16.4. The number of pyridine rings is 1. The number of halogens is 2. The first-order valence-electron chi connectivity index (χ1n) is 9.92. The van der Waals surface area contributed by atoms with Crippen molar-refractivity contribution in [2.24, 2.45) is 0 Å². The van der Waals surface area contributed by atoms with Crippen LogP contribution in [0.1, 0.15) is 15.9 Å². The third-order valence-corrected chi connectivity index (χ3v) is 5.27. The molecule has 1 atom stereocenters. The van der Waals surface area contributed by atoms with Crippen molar-refractivity contribution in [1.82, 2.24) is 24.8 Å². The number of amides is 2. The number of carbonyl (C=O) groups excluding carboxylic acids is 1. The molecule has 0 spiro atoms. The average molecular weight is 445 g/mol. The molecule has 2 amide bonds. The van der Waals surface area contributed by atoms with E-state index in [0.29, 0.717) is 11.2 Å². The van der Waals surface area contributed by atoms with E-state index in [-0.39, 0.29) is 37.6 Å². The first-order chi connectivity index (χ1) is 15.3. The summed E-state index contributed by atoms with van der Waals surface area (Å²) in [4.78, 5) is 33.2. The van der Waals surface area contributed by atoms with Crippen molar-refractivity contribution in [3.05, 3.63) is 47.2 Å². The highest BCUT2D eigenvalue weighted by Gasteiger charge is 2.28. The summed E-state index contributed by atoms with van der Waals surface area (Å²) in [5.74, 6) is -2.54. The predicted molar refractivity (Wildman–Crippen MR) is 110 cm³/mol. The number of fused-ring (bicyclic) bond motifs is 1. The average Bonchev–Trinajstić information content (AvgIpc) is 3.09. The van der Waals surface area contributed by atoms with E-state index in [4.69, 9.17) is 4.74 Å². The van der Waals surface area contributed by atoms with Gasteiger partial charge in [-0.2, -0.15) is 0 Å². The van der Waals surface area contributed by atoms with Gasteiger partial charge in [-0.15, -0.1) is 0 Å². The molecule has 0 bridgehead atoms. The molecule has 9 nitrogen and oxygen atoms in total. The Labute approximate surface area is 181 Å². The minimum Gasteiger partial charge on any atom is -0.465 e. The molecule has 0 radical (unpaired) electrons. The van der Waals surface area contributed by atoms with E-state index >= 15 is 8.78 Å². The maximum atomic E-state index is 15.0. The van der Waals surface area contributed by atoms with Crippen molar-refractivity contribution in [2.45, 2.75) is 19.6 Å². The lowest BCUT2D eigenvalue weighted by Crippen LogP contribution is -2.46. The number of benzene rings is 1. The van der Waals surface area contributed by atoms with Crippen molar-refractivity contribution in [1.29, 1.82) is 0 Å². The van der Waals surface area contributed by atoms with E-state index in [9.17, 15) is 14.7 Å². The monoisotopic (exact) mass is 445 g/mol. The fourth-order valence-electron chi connectivity index (χ4n) is 3.74. The number of hydrogen-bond acceptors (Lipinski definition) is 5. The summed E-state index contributed by atoms with van der Waals surface area (Å²) in [5.41, 5.74) is 1.07. The maximum Gasteiger partial charge on any atom is 0.407 e. The van der Waals surface area contributed by atoms with E-state index in [2.05, 4.69) is 15.3 Å². The Hall–Kier alpha value is -3.60. The van der Waals surface area contributed by atoms with Gasteiger partial charge in [-0.3, -0.25) is 4.79 Å². The van der Waals surface area contributed by atoms with E-state index in [0.717, 1.165) is 17.7 Å². The molecular formula is C21H21F2N5O4. The predicted octanol–water partition coefficient (Wildman–Crippen LogP) is 2.42. The van der Waals surface area contributed by atoms with E-state index in [1.54, 1.807) is 12.3 Å². The van der Waals surface area contributed by atoms with Crippen molar-refractivity contribution in [3.63, 3.8) is 0 Å². The summed E-state index contributed by atoms with van der Waals surface area (Å²) in [6.45, 7) is 2.45. The number of aryl methyl sites for hydroxylation is 1. The topological polar surface area (TPSA) is 110 Å². The summed E-state index contributed by atoms with van der Waals surface area (Å²) in [6, 6.07) is 3.63. The molecule has 1 aliphatic heterocycles. The van der Waals surface area contributed by atoms with Crippen LogP contribution >= 0.6 is 0 Å². The van der Waals surface area contributed by atoms with Gasteiger partial charge in [0, 0.05) is 25.4 Å².